The lowest BCUT2D eigenvalue weighted by Gasteiger charge is -2.16. The molecule has 0 spiro atoms. The molecule has 1 unspecified atom stereocenters. The van der Waals surface area contributed by atoms with Crippen molar-refractivity contribution >= 4 is 16.3 Å². The molecule has 152 valence electrons. The molecule has 3 aromatic rings. The fraction of sp³-hybridized carbons (Fsp3) is 0.357. The standard InChI is InChI=1S/C28H34O/c1-5-8-11-20(4)24-12-9-13-26-25(24)18-19-27(29)28(26)23-16-14-22(15-17-23)21(7-3)10-6-2/h9,11-19,21,29H,5-8,10H2,1-4H3/b20-11+. The Bertz CT molecular complexity index is 979. The Hall–Kier alpha value is -2.54. The van der Waals surface area contributed by atoms with E-state index in [0.717, 1.165) is 29.4 Å². The third-order valence-electron chi connectivity index (χ3n) is 6.00. The van der Waals surface area contributed by atoms with E-state index in [1.807, 2.05) is 6.07 Å². The Labute approximate surface area is 176 Å². The first kappa shape index (κ1) is 21.2. The summed E-state index contributed by atoms with van der Waals surface area (Å²) in [5.74, 6) is 0.964. The van der Waals surface area contributed by atoms with Crippen molar-refractivity contribution in [2.45, 2.75) is 65.7 Å². The number of phenols is 1. The molecular weight excluding hydrogens is 352 g/mol. The summed E-state index contributed by atoms with van der Waals surface area (Å²) in [6, 6.07) is 19.1. The largest absolute Gasteiger partial charge is 0.507 e. The maximum Gasteiger partial charge on any atom is 0.124 e. The number of phenolic OH excluding ortho intramolecular Hbond substituents is 1. The van der Waals surface area contributed by atoms with Crippen molar-refractivity contribution in [3.05, 3.63) is 71.8 Å². The van der Waals surface area contributed by atoms with Crippen molar-refractivity contribution < 1.29 is 5.11 Å². The minimum atomic E-state index is 0.346. The second kappa shape index (κ2) is 9.78. The highest BCUT2D eigenvalue weighted by Gasteiger charge is 2.14. The van der Waals surface area contributed by atoms with Gasteiger partial charge in [0.15, 0.2) is 0 Å². The highest BCUT2D eigenvalue weighted by Crippen LogP contribution is 2.39. The molecule has 0 aliphatic heterocycles. The van der Waals surface area contributed by atoms with Crippen LogP contribution >= 0.6 is 0 Å². The monoisotopic (exact) mass is 386 g/mol. The van der Waals surface area contributed by atoms with Gasteiger partial charge in [-0.05, 0) is 71.2 Å². The molecule has 0 fully saturated rings. The van der Waals surface area contributed by atoms with Crippen LogP contribution in [0.15, 0.2) is 60.7 Å². The lowest BCUT2D eigenvalue weighted by molar-refractivity contribution is 0.478. The van der Waals surface area contributed by atoms with E-state index in [1.54, 1.807) is 0 Å². The first-order valence-electron chi connectivity index (χ1n) is 11.1. The zero-order chi connectivity index (χ0) is 20.8. The lowest BCUT2D eigenvalue weighted by atomic mass is 9.89. The SMILES string of the molecule is CCC/C=C(\C)c1cccc2c(-c3ccc(C(CC)CCC)cc3)c(O)ccc12. The highest BCUT2D eigenvalue weighted by atomic mass is 16.3. The summed E-state index contributed by atoms with van der Waals surface area (Å²) in [5, 5.41) is 13.0. The molecular formula is C28H34O. The van der Waals surface area contributed by atoms with Crippen LogP contribution in [0.4, 0.5) is 0 Å². The van der Waals surface area contributed by atoms with Crippen molar-refractivity contribution in [1.82, 2.24) is 0 Å². The van der Waals surface area contributed by atoms with E-state index in [-0.39, 0.29) is 0 Å². The number of unbranched alkanes of at least 4 members (excludes halogenated alkanes) is 1. The molecule has 0 saturated carbocycles. The van der Waals surface area contributed by atoms with E-state index in [2.05, 4.69) is 82.3 Å². The predicted molar refractivity (Wildman–Crippen MR) is 128 cm³/mol. The zero-order valence-electron chi connectivity index (χ0n) is 18.3. The molecule has 0 amide bonds. The fourth-order valence-corrected chi connectivity index (χ4v) is 4.34. The lowest BCUT2D eigenvalue weighted by Crippen LogP contribution is -1.96. The maximum atomic E-state index is 10.7. The molecule has 0 radical (unpaired) electrons. The first-order chi connectivity index (χ1) is 14.1. The molecule has 0 aliphatic rings. The van der Waals surface area contributed by atoms with E-state index >= 15 is 0 Å². The summed E-state index contributed by atoms with van der Waals surface area (Å²) >= 11 is 0. The molecule has 1 N–H and O–H groups in total. The molecule has 0 aromatic heterocycles. The zero-order valence-corrected chi connectivity index (χ0v) is 18.3. The molecule has 1 nitrogen and oxygen atoms in total. The second-order valence-corrected chi connectivity index (χ2v) is 8.05. The third-order valence-corrected chi connectivity index (χ3v) is 6.00. The number of aromatic hydroxyl groups is 1. The summed E-state index contributed by atoms with van der Waals surface area (Å²) < 4.78 is 0. The normalized spacial score (nSPS) is 13.0. The molecule has 3 aromatic carbocycles. The summed E-state index contributed by atoms with van der Waals surface area (Å²) in [6.07, 6.45) is 8.15. The van der Waals surface area contributed by atoms with Gasteiger partial charge in [-0.2, -0.15) is 0 Å². The smallest absolute Gasteiger partial charge is 0.124 e. The van der Waals surface area contributed by atoms with Gasteiger partial charge in [-0.15, -0.1) is 0 Å². The van der Waals surface area contributed by atoms with Crippen molar-refractivity contribution in [3.63, 3.8) is 0 Å². The minimum absolute atomic E-state index is 0.346. The van der Waals surface area contributed by atoms with E-state index in [9.17, 15) is 5.11 Å². The molecule has 0 aliphatic carbocycles. The molecule has 0 saturated heterocycles. The van der Waals surface area contributed by atoms with Gasteiger partial charge < -0.3 is 5.11 Å². The highest BCUT2D eigenvalue weighted by molar-refractivity contribution is 6.04. The minimum Gasteiger partial charge on any atom is -0.507 e. The average Bonchev–Trinajstić information content (AvgIpc) is 2.75. The van der Waals surface area contributed by atoms with Gasteiger partial charge in [0.05, 0.1) is 0 Å². The predicted octanol–water partition coefficient (Wildman–Crippen LogP) is 8.71. The van der Waals surface area contributed by atoms with Crippen LogP contribution in [0.5, 0.6) is 5.75 Å². The average molecular weight is 387 g/mol. The van der Waals surface area contributed by atoms with Gasteiger partial charge in [-0.1, -0.05) is 88.2 Å². The molecule has 0 bridgehead atoms. The fourth-order valence-electron chi connectivity index (χ4n) is 4.34. The molecule has 3 rings (SSSR count). The molecule has 1 heteroatoms. The van der Waals surface area contributed by atoms with E-state index in [0.29, 0.717) is 11.7 Å². The maximum absolute atomic E-state index is 10.7. The van der Waals surface area contributed by atoms with E-state index in [1.165, 1.54) is 41.3 Å². The van der Waals surface area contributed by atoms with Gasteiger partial charge in [0.25, 0.3) is 0 Å². The Kier molecular flexibility index (Phi) is 7.14. The quantitative estimate of drug-likeness (QED) is 0.410. The number of hydrogen-bond acceptors (Lipinski definition) is 1. The number of allylic oxidation sites excluding steroid dienone is 2. The topological polar surface area (TPSA) is 20.2 Å². The van der Waals surface area contributed by atoms with Gasteiger partial charge in [0, 0.05) is 5.56 Å². The van der Waals surface area contributed by atoms with Gasteiger partial charge in [-0.25, -0.2) is 0 Å². The van der Waals surface area contributed by atoms with Gasteiger partial charge in [-0.3, -0.25) is 0 Å². The second-order valence-electron chi connectivity index (χ2n) is 8.05. The Morgan fingerprint density at radius 1 is 0.897 bits per heavy atom. The van der Waals surface area contributed by atoms with Crippen molar-refractivity contribution in [2.75, 3.05) is 0 Å². The summed E-state index contributed by atoms with van der Waals surface area (Å²) in [7, 11) is 0. The Morgan fingerprint density at radius 3 is 2.31 bits per heavy atom. The Morgan fingerprint density at radius 2 is 1.66 bits per heavy atom. The van der Waals surface area contributed by atoms with Crippen LogP contribution in [0.1, 0.15) is 76.8 Å². The first-order valence-corrected chi connectivity index (χ1v) is 11.1. The summed E-state index contributed by atoms with van der Waals surface area (Å²) in [5.41, 5.74) is 5.97. The van der Waals surface area contributed by atoms with Gasteiger partial charge >= 0.3 is 0 Å². The number of rotatable bonds is 8. The van der Waals surface area contributed by atoms with Crippen LogP contribution in [0, 0.1) is 0 Å². The number of hydrogen-bond donors (Lipinski definition) is 1. The van der Waals surface area contributed by atoms with Crippen LogP contribution < -0.4 is 0 Å². The van der Waals surface area contributed by atoms with Crippen LogP contribution in [0.3, 0.4) is 0 Å². The van der Waals surface area contributed by atoms with Crippen molar-refractivity contribution in [2.24, 2.45) is 0 Å². The van der Waals surface area contributed by atoms with Crippen molar-refractivity contribution in [3.8, 4) is 16.9 Å². The van der Waals surface area contributed by atoms with E-state index < -0.39 is 0 Å². The summed E-state index contributed by atoms with van der Waals surface area (Å²) in [6.45, 7) is 8.90. The van der Waals surface area contributed by atoms with Gasteiger partial charge in [0.1, 0.15) is 5.75 Å². The summed E-state index contributed by atoms with van der Waals surface area (Å²) in [4.78, 5) is 0. The van der Waals surface area contributed by atoms with Crippen molar-refractivity contribution in [1.29, 1.82) is 0 Å². The number of benzene rings is 3. The van der Waals surface area contributed by atoms with Crippen LogP contribution in [-0.4, -0.2) is 5.11 Å². The van der Waals surface area contributed by atoms with Crippen LogP contribution in [0.25, 0.3) is 27.5 Å². The number of fused-ring (bicyclic) bond motifs is 1. The van der Waals surface area contributed by atoms with Gasteiger partial charge in [0.2, 0.25) is 0 Å². The molecule has 0 heterocycles. The van der Waals surface area contributed by atoms with E-state index in [4.69, 9.17) is 0 Å². The molecule has 29 heavy (non-hydrogen) atoms. The Balaban J connectivity index is 2.09. The van der Waals surface area contributed by atoms with Crippen LogP contribution in [-0.2, 0) is 0 Å². The third kappa shape index (κ3) is 4.56. The molecule has 1 atom stereocenters. The van der Waals surface area contributed by atoms with Crippen LogP contribution in [0.2, 0.25) is 0 Å².